The number of anilines is 1. The smallest absolute Gasteiger partial charge is 0.270 e. The Bertz CT molecular complexity index is 525. The van der Waals surface area contributed by atoms with Crippen LogP contribution in [-0.2, 0) is 11.4 Å². The van der Waals surface area contributed by atoms with Crippen LogP contribution < -0.4 is 14.4 Å². The lowest BCUT2D eigenvalue weighted by Gasteiger charge is -2.37. The summed E-state index contributed by atoms with van der Waals surface area (Å²) in [4.78, 5) is 13.8. The number of ether oxygens (including phenoxy) is 2. The van der Waals surface area contributed by atoms with Crippen LogP contribution in [-0.4, -0.2) is 30.3 Å². The Labute approximate surface area is 119 Å². The Kier molecular flexibility index (Phi) is 3.90. The molecule has 110 valence electrons. The molecule has 5 heteroatoms. The highest BCUT2D eigenvalue weighted by atomic mass is 16.5. The van der Waals surface area contributed by atoms with Crippen LogP contribution >= 0.6 is 0 Å². The fraction of sp³-hybridized carbons (Fsp3) is 0.533. The van der Waals surface area contributed by atoms with E-state index in [4.69, 9.17) is 9.47 Å². The van der Waals surface area contributed by atoms with Gasteiger partial charge in [-0.3, -0.25) is 4.79 Å². The molecule has 1 heterocycles. The Balaban J connectivity index is 2.53. The summed E-state index contributed by atoms with van der Waals surface area (Å²) >= 11 is 0. The quantitative estimate of drug-likeness (QED) is 0.917. The molecule has 0 bridgehead atoms. The zero-order valence-corrected chi connectivity index (χ0v) is 12.4. The van der Waals surface area contributed by atoms with Crippen LogP contribution in [0.2, 0.25) is 0 Å². The summed E-state index contributed by atoms with van der Waals surface area (Å²) in [5.74, 6) is 1.00. The lowest BCUT2D eigenvalue weighted by Crippen LogP contribution is -2.51. The van der Waals surface area contributed by atoms with Gasteiger partial charge >= 0.3 is 0 Å². The Morgan fingerprint density at radius 2 is 2.10 bits per heavy atom. The van der Waals surface area contributed by atoms with E-state index in [1.54, 1.807) is 37.9 Å². The van der Waals surface area contributed by atoms with Gasteiger partial charge in [0, 0.05) is 7.05 Å². The molecule has 1 aliphatic heterocycles. The number of nitrogens with zero attached hydrogens (tertiary/aromatic N) is 1. The third-order valence-electron chi connectivity index (χ3n) is 3.28. The predicted octanol–water partition coefficient (Wildman–Crippen LogP) is 2.10. The first-order valence-corrected chi connectivity index (χ1v) is 6.78. The Hall–Kier alpha value is -1.75. The van der Waals surface area contributed by atoms with Gasteiger partial charge in [-0.1, -0.05) is 6.92 Å². The number of rotatable bonds is 4. The van der Waals surface area contributed by atoms with Gasteiger partial charge in [-0.2, -0.15) is 0 Å². The number of likely N-dealkylation sites (N-methyl/N-ethyl adjacent to an activating group) is 1. The minimum absolute atomic E-state index is 0.110. The van der Waals surface area contributed by atoms with Crippen LogP contribution in [0.25, 0.3) is 0 Å². The SMILES string of the molecule is CCCOc1cc(CO)cc2c1OC(C)(C)C(=O)N2C. The predicted molar refractivity (Wildman–Crippen MR) is 76.3 cm³/mol. The second-order valence-corrected chi connectivity index (χ2v) is 5.43. The van der Waals surface area contributed by atoms with Crippen LogP contribution in [0.1, 0.15) is 32.8 Å². The van der Waals surface area contributed by atoms with Crippen molar-refractivity contribution in [2.75, 3.05) is 18.6 Å². The third-order valence-corrected chi connectivity index (χ3v) is 3.28. The molecule has 0 saturated carbocycles. The number of hydrogen-bond acceptors (Lipinski definition) is 4. The largest absolute Gasteiger partial charge is 0.490 e. The lowest BCUT2D eigenvalue weighted by molar-refractivity contribution is -0.132. The highest BCUT2D eigenvalue weighted by molar-refractivity contribution is 6.02. The summed E-state index contributed by atoms with van der Waals surface area (Å²) < 4.78 is 11.5. The molecule has 5 nitrogen and oxygen atoms in total. The molecular formula is C15H21NO4. The number of aliphatic hydroxyl groups is 1. The van der Waals surface area contributed by atoms with Crippen LogP contribution in [0.5, 0.6) is 11.5 Å². The molecule has 0 spiro atoms. The average Bonchev–Trinajstić information content (AvgIpc) is 2.42. The first kappa shape index (κ1) is 14.7. The van der Waals surface area contributed by atoms with E-state index in [2.05, 4.69) is 0 Å². The number of hydrogen-bond donors (Lipinski definition) is 1. The molecule has 0 saturated heterocycles. The fourth-order valence-corrected chi connectivity index (χ4v) is 2.22. The van der Waals surface area contributed by atoms with Crippen molar-refractivity contribution in [3.8, 4) is 11.5 Å². The topological polar surface area (TPSA) is 59.0 Å². The number of fused-ring (bicyclic) bond motifs is 1. The number of carbonyl (C=O) groups is 1. The second kappa shape index (κ2) is 5.32. The van der Waals surface area contributed by atoms with Gasteiger partial charge in [0.25, 0.3) is 5.91 Å². The maximum Gasteiger partial charge on any atom is 0.270 e. The van der Waals surface area contributed by atoms with Crippen molar-refractivity contribution < 1.29 is 19.4 Å². The molecule has 0 radical (unpaired) electrons. The maximum absolute atomic E-state index is 12.2. The van der Waals surface area contributed by atoms with E-state index >= 15 is 0 Å². The first-order chi connectivity index (χ1) is 9.40. The van der Waals surface area contributed by atoms with Gasteiger partial charge in [-0.15, -0.1) is 0 Å². The van der Waals surface area contributed by atoms with E-state index < -0.39 is 5.60 Å². The van der Waals surface area contributed by atoms with E-state index in [0.717, 1.165) is 6.42 Å². The molecule has 1 aliphatic rings. The van der Waals surface area contributed by atoms with Crippen molar-refractivity contribution in [3.05, 3.63) is 17.7 Å². The molecule has 0 aromatic heterocycles. The van der Waals surface area contributed by atoms with Crippen LogP contribution in [0.3, 0.4) is 0 Å². The molecule has 20 heavy (non-hydrogen) atoms. The van der Waals surface area contributed by atoms with E-state index in [1.165, 1.54) is 0 Å². The number of aliphatic hydroxyl groups excluding tert-OH is 1. The van der Waals surface area contributed by atoms with Gasteiger partial charge in [-0.25, -0.2) is 0 Å². The Morgan fingerprint density at radius 3 is 2.70 bits per heavy atom. The van der Waals surface area contributed by atoms with Crippen LogP contribution in [0, 0.1) is 0 Å². The van der Waals surface area contributed by atoms with E-state index in [-0.39, 0.29) is 12.5 Å². The molecule has 0 unspecified atom stereocenters. The first-order valence-electron chi connectivity index (χ1n) is 6.78. The molecule has 1 N–H and O–H groups in total. The second-order valence-electron chi connectivity index (χ2n) is 5.43. The lowest BCUT2D eigenvalue weighted by atomic mass is 10.0. The summed E-state index contributed by atoms with van der Waals surface area (Å²) in [6.45, 7) is 5.93. The van der Waals surface area contributed by atoms with Crippen molar-refractivity contribution in [2.24, 2.45) is 0 Å². The van der Waals surface area contributed by atoms with Crippen molar-refractivity contribution in [1.29, 1.82) is 0 Å². The molecule has 1 aromatic rings. The number of amides is 1. The zero-order chi connectivity index (χ0) is 14.9. The van der Waals surface area contributed by atoms with Gasteiger partial charge in [0.2, 0.25) is 0 Å². The molecule has 0 atom stereocenters. The number of benzene rings is 1. The summed E-state index contributed by atoms with van der Waals surface area (Å²) in [5, 5.41) is 9.34. The van der Waals surface area contributed by atoms with Gasteiger partial charge in [0.15, 0.2) is 17.1 Å². The van der Waals surface area contributed by atoms with Crippen LogP contribution in [0.15, 0.2) is 12.1 Å². The van der Waals surface area contributed by atoms with E-state index in [9.17, 15) is 9.90 Å². The summed E-state index contributed by atoms with van der Waals surface area (Å²) in [5.41, 5.74) is 0.400. The van der Waals surface area contributed by atoms with Gasteiger partial charge in [0.05, 0.1) is 18.9 Å². The Morgan fingerprint density at radius 1 is 1.40 bits per heavy atom. The van der Waals surface area contributed by atoms with Gasteiger partial charge in [0.1, 0.15) is 0 Å². The summed E-state index contributed by atoms with van der Waals surface area (Å²) in [6, 6.07) is 3.51. The zero-order valence-electron chi connectivity index (χ0n) is 12.4. The monoisotopic (exact) mass is 279 g/mol. The van der Waals surface area contributed by atoms with Crippen molar-refractivity contribution in [1.82, 2.24) is 0 Å². The van der Waals surface area contributed by atoms with Crippen molar-refractivity contribution >= 4 is 11.6 Å². The normalized spacial score (nSPS) is 16.6. The molecule has 2 rings (SSSR count). The van der Waals surface area contributed by atoms with Crippen molar-refractivity contribution in [2.45, 2.75) is 39.4 Å². The highest BCUT2D eigenvalue weighted by Gasteiger charge is 2.40. The third kappa shape index (κ3) is 2.45. The van der Waals surface area contributed by atoms with Crippen LogP contribution in [0.4, 0.5) is 5.69 Å². The average molecular weight is 279 g/mol. The highest BCUT2D eigenvalue weighted by Crippen LogP contribution is 2.44. The minimum atomic E-state index is -0.924. The van der Waals surface area contributed by atoms with Crippen molar-refractivity contribution in [3.63, 3.8) is 0 Å². The standard InChI is InChI=1S/C15H21NO4/c1-5-6-19-12-8-10(9-17)7-11-13(12)20-15(2,3)14(18)16(11)4/h7-8,17H,5-6,9H2,1-4H3. The number of carbonyl (C=O) groups excluding carboxylic acids is 1. The molecule has 1 aromatic carbocycles. The maximum atomic E-state index is 12.2. The fourth-order valence-electron chi connectivity index (χ4n) is 2.22. The molecular weight excluding hydrogens is 258 g/mol. The van der Waals surface area contributed by atoms with E-state index in [1.807, 2.05) is 6.92 Å². The van der Waals surface area contributed by atoms with E-state index in [0.29, 0.717) is 29.4 Å². The molecule has 1 amide bonds. The minimum Gasteiger partial charge on any atom is -0.490 e. The summed E-state index contributed by atoms with van der Waals surface area (Å²) in [6.07, 6.45) is 0.871. The molecule has 0 fully saturated rings. The molecule has 0 aliphatic carbocycles. The van der Waals surface area contributed by atoms with Gasteiger partial charge < -0.3 is 19.5 Å². The van der Waals surface area contributed by atoms with Gasteiger partial charge in [-0.05, 0) is 38.0 Å². The summed E-state index contributed by atoms with van der Waals surface area (Å²) in [7, 11) is 1.70.